The average Bonchev–Trinajstić information content (AvgIpc) is 3.12. The molecular weight excluding hydrogens is 346 g/mol. The minimum absolute atomic E-state index is 0.315. The third-order valence-corrected chi connectivity index (χ3v) is 4.72. The molecule has 0 unspecified atom stereocenters. The van der Waals surface area contributed by atoms with Gasteiger partial charge in [0.25, 0.3) is 5.56 Å². The lowest BCUT2D eigenvalue weighted by Crippen LogP contribution is -2.37. The Morgan fingerprint density at radius 3 is 2.52 bits per heavy atom. The number of hydrogen-bond donors (Lipinski definition) is 1. The summed E-state index contributed by atoms with van der Waals surface area (Å²) in [5.74, 6) is 0.869. The van der Waals surface area contributed by atoms with Gasteiger partial charge < -0.3 is 14.6 Å². The van der Waals surface area contributed by atoms with Crippen molar-refractivity contribution in [1.29, 1.82) is 0 Å². The molecular formula is C19H25N5O3. The fourth-order valence-corrected chi connectivity index (χ4v) is 3.10. The smallest absolute Gasteiger partial charge is 0.332 e. The molecule has 0 atom stereocenters. The highest BCUT2D eigenvalue weighted by molar-refractivity contribution is 5.69. The van der Waals surface area contributed by atoms with Gasteiger partial charge in [-0.1, -0.05) is 12.1 Å². The Labute approximate surface area is 157 Å². The maximum Gasteiger partial charge on any atom is 0.332 e. The van der Waals surface area contributed by atoms with Crippen LogP contribution in [-0.2, 0) is 27.1 Å². The quantitative estimate of drug-likeness (QED) is 0.589. The fourth-order valence-electron chi connectivity index (χ4n) is 3.10. The van der Waals surface area contributed by atoms with Crippen molar-refractivity contribution >= 4 is 11.2 Å². The lowest BCUT2D eigenvalue weighted by molar-refractivity contribution is 0.414. The van der Waals surface area contributed by atoms with Crippen LogP contribution in [0.25, 0.3) is 11.2 Å². The summed E-state index contributed by atoms with van der Waals surface area (Å²) in [4.78, 5) is 28.6. The number of aryl methyl sites for hydroxylation is 2. The summed E-state index contributed by atoms with van der Waals surface area (Å²) < 4.78 is 9.47. The van der Waals surface area contributed by atoms with E-state index in [2.05, 4.69) is 22.4 Å². The Kier molecular flexibility index (Phi) is 5.75. The first-order chi connectivity index (χ1) is 13.0. The normalized spacial score (nSPS) is 11.2. The monoisotopic (exact) mass is 371 g/mol. The van der Waals surface area contributed by atoms with E-state index in [0.717, 1.165) is 36.2 Å². The van der Waals surface area contributed by atoms with Crippen LogP contribution in [0.15, 0.2) is 40.2 Å². The Morgan fingerprint density at radius 2 is 1.81 bits per heavy atom. The topological polar surface area (TPSA) is 83.1 Å². The molecule has 2 aromatic heterocycles. The number of nitrogens with zero attached hydrogens (tertiary/aromatic N) is 4. The number of nitrogens with one attached hydrogen (secondary N) is 1. The Bertz CT molecular complexity index is 1030. The number of hydrogen-bond acceptors (Lipinski definition) is 5. The van der Waals surface area contributed by atoms with E-state index in [1.54, 1.807) is 25.1 Å². The van der Waals surface area contributed by atoms with Gasteiger partial charge in [0.05, 0.1) is 13.4 Å². The zero-order chi connectivity index (χ0) is 19.4. The number of fused-ring (bicyclic) bond motifs is 1. The molecule has 0 fully saturated rings. The first-order valence-corrected chi connectivity index (χ1v) is 8.97. The van der Waals surface area contributed by atoms with Crippen molar-refractivity contribution in [2.75, 3.05) is 20.2 Å². The van der Waals surface area contributed by atoms with Gasteiger partial charge in [0.2, 0.25) is 0 Å². The van der Waals surface area contributed by atoms with Crippen molar-refractivity contribution in [3.8, 4) is 5.75 Å². The molecule has 0 aliphatic carbocycles. The first kappa shape index (κ1) is 18.9. The predicted octanol–water partition coefficient (Wildman–Crippen LogP) is 0.665. The second-order valence-electron chi connectivity index (χ2n) is 6.52. The largest absolute Gasteiger partial charge is 0.497 e. The van der Waals surface area contributed by atoms with Gasteiger partial charge in [0.1, 0.15) is 5.75 Å². The van der Waals surface area contributed by atoms with Gasteiger partial charge >= 0.3 is 5.69 Å². The molecule has 8 heteroatoms. The molecule has 0 bridgehead atoms. The van der Waals surface area contributed by atoms with Gasteiger partial charge in [0, 0.05) is 27.2 Å². The van der Waals surface area contributed by atoms with Crippen LogP contribution in [0.5, 0.6) is 5.75 Å². The van der Waals surface area contributed by atoms with Crippen molar-refractivity contribution in [3.63, 3.8) is 0 Å². The molecule has 0 aliphatic rings. The summed E-state index contributed by atoms with van der Waals surface area (Å²) >= 11 is 0. The Morgan fingerprint density at radius 1 is 1.07 bits per heavy atom. The van der Waals surface area contributed by atoms with Crippen LogP contribution >= 0.6 is 0 Å². The average molecular weight is 371 g/mol. The van der Waals surface area contributed by atoms with Crippen molar-refractivity contribution in [1.82, 2.24) is 24.0 Å². The number of aromatic nitrogens is 4. The van der Waals surface area contributed by atoms with E-state index in [1.165, 1.54) is 17.2 Å². The van der Waals surface area contributed by atoms with Crippen LogP contribution in [-0.4, -0.2) is 38.9 Å². The van der Waals surface area contributed by atoms with E-state index in [4.69, 9.17) is 4.74 Å². The van der Waals surface area contributed by atoms with Crippen molar-refractivity contribution < 1.29 is 4.74 Å². The summed E-state index contributed by atoms with van der Waals surface area (Å²) in [5, 5.41) is 3.39. The predicted molar refractivity (Wildman–Crippen MR) is 104 cm³/mol. The third-order valence-electron chi connectivity index (χ3n) is 4.72. The molecule has 144 valence electrons. The fraction of sp³-hybridized carbons (Fsp3) is 0.421. The molecule has 0 saturated carbocycles. The van der Waals surface area contributed by atoms with E-state index >= 15 is 0 Å². The first-order valence-electron chi connectivity index (χ1n) is 8.97. The van der Waals surface area contributed by atoms with Crippen LogP contribution in [0.4, 0.5) is 0 Å². The molecule has 2 heterocycles. The minimum Gasteiger partial charge on any atom is -0.497 e. The van der Waals surface area contributed by atoms with Gasteiger partial charge in [-0.05, 0) is 37.1 Å². The lowest BCUT2D eigenvalue weighted by Gasteiger charge is -2.08. The number of ether oxygens (including phenoxy) is 1. The lowest BCUT2D eigenvalue weighted by atomic mass is 10.1. The van der Waals surface area contributed by atoms with Crippen LogP contribution in [0.3, 0.4) is 0 Å². The van der Waals surface area contributed by atoms with E-state index in [0.29, 0.717) is 17.7 Å². The van der Waals surface area contributed by atoms with Crippen LogP contribution < -0.4 is 21.3 Å². The van der Waals surface area contributed by atoms with Crippen LogP contribution in [0.2, 0.25) is 0 Å². The minimum atomic E-state index is -0.366. The summed E-state index contributed by atoms with van der Waals surface area (Å²) in [6.07, 6.45) is 3.63. The number of benzene rings is 1. The van der Waals surface area contributed by atoms with Crippen LogP contribution in [0, 0.1) is 0 Å². The second kappa shape index (κ2) is 8.22. The van der Waals surface area contributed by atoms with Gasteiger partial charge in [0.15, 0.2) is 11.2 Å². The van der Waals surface area contributed by atoms with E-state index in [-0.39, 0.29) is 11.2 Å². The summed E-state index contributed by atoms with van der Waals surface area (Å²) in [6.45, 7) is 2.22. The van der Waals surface area contributed by atoms with Gasteiger partial charge in [-0.25, -0.2) is 9.78 Å². The molecule has 27 heavy (non-hydrogen) atoms. The molecule has 0 saturated heterocycles. The summed E-state index contributed by atoms with van der Waals surface area (Å²) in [7, 11) is 4.77. The standard InChI is InChI=1S/C19H25N5O3/c1-22-17-16(18(25)23(2)19(22)26)24(13-21-17)12-11-20-10-4-5-14-6-8-15(27-3)9-7-14/h6-9,13,20H,4-5,10-12H2,1-3H3. The molecule has 1 aromatic carbocycles. The molecule has 3 rings (SSSR count). The van der Waals surface area contributed by atoms with Crippen molar-refractivity contribution in [3.05, 3.63) is 57.0 Å². The molecule has 0 radical (unpaired) electrons. The molecule has 0 aliphatic heterocycles. The SMILES string of the molecule is COc1ccc(CCCNCCn2cnc3c2c(=O)n(C)c(=O)n3C)cc1. The maximum atomic E-state index is 12.4. The van der Waals surface area contributed by atoms with E-state index in [9.17, 15) is 9.59 Å². The highest BCUT2D eigenvalue weighted by atomic mass is 16.5. The Balaban J connectivity index is 1.52. The van der Waals surface area contributed by atoms with E-state index < -0.39 is 0 Å². The van der Waals surface area contributed by atoms with Gasteiger partial charge in [-0.3, -0.25) is 13.9 Å². The molecule has 1 N–H and O–H groups in total. The Hall–Kier alpha value is -2.87. The van der Waals surface area contributed by atoms with Gasteiger partial charge in [-0.15, -0.1) is 0 Å². The summed E-state index contributed by atoms with van der Waals surface area (Å²) in [6, 6.07) is 8.11. The number of rotatable bonds is 8. The van der Waals surface area contributed by atoms with E-state index in [1.807, 2.05) is 12.1 Å². The van der Waals surface area contributed by atoms with Gasteiger partial charge in [-0.2, -0.15) is 0 Å². The molecule has 0 spiro atoms. The zero-order valence-corrected chi connectivity index (χ0v) is 15.9. The van der Waals surface area contributed by atoms with Crippen LogP contribution in [0.1, 0.15) is 12.0 Å². The molecule has 8 nitrogen and oxygen atoms in total. The zero-order valence-electron chi connectivity index (χ0n) is 15.9. The summed E-state index contributed by atoms with van der Waals surface area (Å²) in [5.41, 5.74) is 1.48. The molecule has 3 aromatic rings. The third kappa shape index (κ3) is 3.95. The van der Waals surface area contributed by atoms with Crippen molar-refractivity contribution in [2.24, 2.45) is 14.1 Å². The second-order valence-corrected chi connectivity index (χ2v) is 6.52. The maximum absolute atomic E-state index is 12.4. The number of methoxy groups -OCH3 is 1. The highest BCUT2D eigenvalue weighted by Crippen LogP contribution is 2.12. The van der Waals surface area contributed by atoms with Crippen molar-refractivity contribution in [2.45, 2.75) is 19.4 Å². The number of imidazole rings is 1. The molecule has 0 amide bonds. The highest BCUT2D eigenvalue weighted by Gasteiger charge is 2.13.